The van der Waals surface area contributed by atoms with Crippen molar-refractivity contribution in [3.8, 4) is 0 Å². The molecule has 0 radical (unpaired) electrons. The largest absolute Gasteiger partial charge is 0.324 e. The lowest BCUT2D eigenvalue weighted by Crippen LogP contribution is -2.21. The van der Waals surface area contributed by atoms with Gasteiger partial charge in [-0.15, -0.1) is 5.10 Å². The number of aromatic nitrogens is 4. The van der Waals surface area contributed by atoms with Gasteiger partial charge in [-0.05, 0) is 29.5 Å². The minimum absolute atomic E-state index is 0.421. The highest BCUT2D eigenvalue weighted by atomic mass is 32.2. The van der Waals surface area contributed by atoms with Gasteiger partial charge in [-0.25, -0.2) is 4.68 Å². The van der Waals surface area contributed by atoms with Gasteiger partial charge in [0.05, 0.1) is 12.6 Å². The smallest absolute Gasteiger partial charge is 0.165 e. The molecule has 0 aromatic carbocycles. The summed E-state index contributed by atoms with van der Waals surface area (Å²) in [4.78, 5) is 0. The third-order valence-electron chi connectivity index (χ3n) is 2.78. The summed E-state index contributed by atoms with van der Waals surface area (Å²) in [6.45, 7) is 0.421. The highest BCUT2D eigenvalue weighted by Gasteiger charge is 2.30. The molecule has 1 saturated carbocycles. The fourth-order valence-electron chi connectivity index (χ4n) is 2.07. The van der Waals surface area contributed by atoms with E-state index in [1.54, 1.807) is 0 Å². The van der Waals surface area contributed by atoms with Crippen LogP contribution in [0.1, 0.15) is 31.1 Å². The number of thioether (sulfide) groups is 1. The first-order chi connectivity index (χ1) is 6.86. The normalized spacial score (nSPS) is 27.0. The Hall–Kier alpha value is -0.620. The van der Waals surface area contributed by atoms with Gasteiger partial charge < -0.3 is 5.73 Å². The predicted molar refractivity (Wildman–Crippen MR) is 55.9 cm³/mol. The molecule has 2 atom stereocenters. The second kappa shape index (κ2) is 4.27. The van der Waals surface area contributed by atoms with Gasteiger partial charge in [0.2, 0.25) is 0 Å². The van der Waals surface area contributed by atoms with E-state index in [1.165, 1.54) is 19.3 Å². The van der Waals surface area contributed by atoms with Gasteiger partial charge in [0.25, 0.3) is 0 Å². The molecule has 1 fully saturated rings. The summed E-state index contributed by atoms with van der Waals surface area (Å²) in [6, 6.07) is 0.443. The van der Waals surface area contributed by atoms with Crippen molar-refractivity contribution in [2.45, 2.75) is 37.1 Å². The number of hydrogen-bond acceptors (Lipinski definition) is 5. The molecule has 1 aromatic rings. The van der Waals surface area contributed by atoms with E-state index in [1.807, 2.05) is 16.4 Å². The minimum atomic E-state index is 0.421. The molecule has 78 valence electrons. The summed E-state index contributed by atoms with van der Waals surface area (Å²) in [5, 5.41) is 12.3. The van der Waals surface area contributed by atoms with Gasteiger partial charge in [0.15, 0.2) is 5.82 Å². The maximum Gasteiger partial charge on any atom is 0.165 e. The molecular formula is C8H15N5S. The van der Waals surface area contributed by atoms with Crippen LogP contribution in [-0.4, -0.2) is 31.7 Å². The Balaban J connectivity index is 2.21. The summed E-state index contributed by atoms with van der Waals surface area (Å²) in [5.74, 6) is 0.802. The van der Waals surface area contributed by atoms with Gasteiger partial charge in [-0.1, -0.05) is 6.42 Å². The van der Waals surface area contributed by atoms with Gasteiger partial charge in [-0.3, -0.25) is 0 Å². The standard InChI is InChI=1S/C8H15N5S/c1-14-7-4-2-3-6(7)13-8(5-9)10-11-12-13/h6-7H,2-5,9H2,1H3. The van der Waals surface area contributed by atoms with E-state index in [-0.39, 0.29) is 0 Å². The molecule has 0 saturated heterocycles. The lowest BCUT2D eigenvalue weighted by atomic mass is 10.2. The maximum atomic E-state index is 5.58. The predicted octanol–water partition coefficient (Wildman–Crippen LogP) is 0.588. The van der Waals surface area contributed by atoms with Crippen molar-refractivity contribution in [2.75, 3.05) is 6.26 Å². The van der Waals surface area contributed by atoms with Crippen molar-refractivity contribution in [3.05, 3.63) is 5.82 Å². The van der Waals surface area contributed by atoms with Gasteiger partial charge in [0.1, 0.15) is 0 Å². The molecule has 2 unspecified atom stereocenters. The summed E-state index contributed by atoms with van der Waals surface area (Å²) in [7, 11) is 0. The molecule has 0 bridgehead atoms. The summed E-state index contributed by atoms with van der Waals surface area (Å²) in [5.41, 5.74) is 5.58. The van der Waals surface area contributed by atoms with Crippen LogP contribution in [0, 0.1) is 0 Å². The minimum Gasteiger partial charge on any atom is -0.324 e. The topological polar surface area (TPSA) is 69.6 Å². The quantitative estimate of drug-likeness (QED) is 0.795. The Labute approximate surface area is 87.4 Å². The number of rotatable bonds is 3. The Morgan fingerprint density at radius 3 is 3.14 bits per heavy atom. The lowest BCUT2D eigenvalue weighted by molar-refractivity contribution is 0.446. The molecule has 1 aromatic heterocycles. The zero-order valence-corrected chi connectivity index (χ0v) is 9.07. The van der Waals surface area contributed by atoms with Gasteiger partial charge in [-0.2, -0.15) is 11.8 Å². The highest BCUT2D eigenvalue weighted by Crippen LogP contribution is 2.37. The Morgan fingerprint density at radius 2 is 2.43 bits per heavy atom. The van der Waals surface area contributed by atoms with Crippen molar-refractivity contribution in [1.29, 1.82) is 0 Å². The number of tetrazole rings is 1. The van der Waals surface area contributed by atoms with Crippen LogP contribution in [0.3, 0.4) is 0 Å². The number of hydrogen-bond donors (Lipinski definition) is 1. The van der Waals surface area contributed by atoms with Crippen LogP contribution in [0.4, 0.5) is 0 Å². The zero-order valence-electron chi connectivity index (χ0n) is 8.26. The molecule has 1 aliphatic carbocycles. The maximum absolute atomic E-state index is 5.58. The summed E-state index contributed by atoms with van der Waals surface area (Å²) < 4.78 is 1.91. The molecule has 1 heterocycles. The van der Waals surface area contributed by atoms with E-state index >= 15 is 0 Å². The molecule has 5 nitrogen and oxygen atoms in total. The van der Waals surface area contributed by atoms with E-state index in [0.29, 0.717) is 17.8 Å². The Morgan fingerprint density at radius 1 is 1.57 bits per heavy atom. The molecular weight excluding hydrogens is 198 g/mol. The van der Waals surface area contributed by atoms with Crippen molar-refractivity contribution in [2.24, 2.45) is 5.73 Å². The van der Waals surface area contributed by atoms with E-state index in [4.69, 9.17) is 5.73 Å². The SMILES string of the molecule is CSC1CCCC1n1nnnc1CN. The average Bonchev–Trinajstić information content (AvgIpc) is 2.85. The first-order valence-electron chi connectivity index (χ1n) is 4.86. The van der Waals surface area contributed by atoms with E-state index < -0.39 is 0 Å². The van der Waals surface area contributed by atoms with Crippen molar-refractivity contribution >= 4 is 11.8 Å². The summed E-state index contributed by atoms with van der Waals surface area (Å²) in [6.07, 6.45) is 5.84. The average molecular weight is 213 g/mol. The third kappa shape index (κ3) is 1.64. The first-order valence-corrected chi connectivity index (χ1v) is 6.15. The Kier molecular flexibility index (Phi) is 3.02. The van der Waals surface area contributed by atoms with Crippen LogP contribution < -0.4 is 5.73 Å². The monoisotopic (exact) mass is 213 g/mol. The van der Waals surface area contributed by atoms with E-state index in [9.17, 15) is 0 Å². The molecule has 2 rings (SSSR count). The fraction of sp³-hybridized carbons (Fsp3) is 0.875. The van der Waals surface area contributed by atoms with E-state index in [2.05, 4.69) is 21.8 Å². The van der Waals surface area contributed by atoms with Crippen molar-refractivity contribution in [3.63, 3.8) is 0 Å². The Bertz CT molecular complexity index is 300. The lowest BCUT2D eigenvalue weighted by Gasteiger charge is -2.18. The molecule has 1 aliphatic rings. The van der Waals surface area contributed by atoms with Crippen LogP contribution >= 0.6 is 11.8 Å². The van der Waals surface area contributed by atoms with Crippen LogP contribution in [0.2, 0.25) is 0 Å². The summed E-state index contributed by atoms with van der Waals surface area (Å²) >= 11 is 1.90. The third-order valence-corrected chi connectivity index (χ3v) is 3.93. The molecule has 2 N–H and O–H groups in total. The molecule has 0 aliphatic heterocycles. The highest BCUT2D eigenvalue weighted by molar-refractivity contribution is 7.99. The van der Waals surface area contributed by atoms with Crippen molar-refractivity contribution in [1.82, 2.24) is 20.2 Å². The van der Waals surface area contributed by atoms with Crippen LogP contribution in [0.25, 0.3) is 0 Å². The number of nitrogens with two attached hydrogens (primary N) is 1. The van der Waals surface area contributed by atoms with Crippen molar-refractivity contribution < 1.29 is 0 Å². The second-order valence-electron chi connectivity index (χ2n) is 3.52. The first kappa shape index (κ1) is 9.92. The van der Waals surface area contributed by atoms with Gasteiger partial charge >= 0.3 is 0 Å². The fourth-order valence-corrected chi connectivity index (χ4v) is 3.03. The molecule has 0 amide bonds. The second-order valence-corrected chi connectivity index (χ2v) is 4.59. The van der Waals surface area contributed by atoms with Crippen LogP contribution in [0.15, 0.2) is 0 Å². The molecule has 14 heavy (non-hydrogen) atoms. The van der Waals surface area contributed by atoms with E-state index in [0.717, 1.165) is 5.82 Å². The zero-order chi connectivity index (χ0) is 9.97. The van der Waals surface area contributed by atoms with Crippen LogP contribution in [-0.2, 0) is 6.54 Å². The number of nitrogens with zero attached hydrogens (tertiary/aromatic N) is 4. The molecule has 6 heteroatoms. The van der Waals surface area contributed by atoms with Gasteiger partial charge in [0, 0.05) is 5.25 Å². The van der Waals surface area contributed by atoms with Crippen LogP contribution in [0.5, 0.6) is 0 Å². The molecule has 0 spiro atoms.